The molecule has 3 rings (SSSR count). The van der Waals surface area contributed by atoms with Crippen LogP contribution in [0.25, 0.3) is 10.9 Å². The molecule has 7 heteroatoms. The van der Waals surface area contributed by atoms with Crippen LogP contribution in [0.3, 0.4) is 0 Å². The number of rotatable bonds is 3. The zero-order chi connectivity index (χ0) is 15.0. The molecule has 2 aromatic heterocycles. The van der Waals surface area contributed by atoms with E-state index < -0.39 is 4.92 Å². The third kappa shape index (κ3) is 2.40. The van der Waals surface area contributed by atoms with Gasteiger partial charge in [-0.05, 0) is 17.1 Å². The number of aromatic nitrogens is 3. The van der Waals surface area contributed by atoms with E-state index in [1.165, 1.54) is 6.20 Å². The molecule has 0 aliphatic rings. The number of nitro groups is 1. The highest BCUT2D eigenvalue weighted by Gasteiger charge is 2.19. The van der Waals surface area contributed by atoms with E-state index in [2.05, 4.69) is 25.9 Å². The lowest BCUT2D eigenvalue weighted by atomic mass is 10.1. The summed E-state index contributed by atoms with van der Waals surface area (Å²) in [4.78, 5) is 19.1. The van der Waals surface area contributed by atoms with Crippen LogP contribution in [0.15, 0.2) is 41.1 Å². The van der Waals surface area contributed by atoms with Crippen LogP contribution in [-0.2, 0) is 6.54 Å². The summed E-state index contributed by atoms with van der Waals surface area (Å²) in [5.74, 6) is 0.591. The predicted molar refractivity (Wildman–Crippen MR) is 82.2 cm³/mol. The summed E-state index contributed by atoms with van der Waals surface area (Å²) in [6.07, 6.45) is 3.00. The van der Waals surface area contributed by atoms with Gasteiger partial charge in [0.15, 0.2) is 5.82 Å². The van der Waals surface area contributed by atoms with Crippen molar-refractivity contribution in [2.45, 2.75) is 13.5 Å². The Morgan fingerprint density at radius 1 is 1.33 bits per heavy atom. The van der Waals surface area contributed by atoms with Crippen molar-refractivity contribution in [1.29, 1.82) is 0 Å². The molecule has 0 spiro atoms. The highest BCUT2D eigenvalue weighted by Crippen LogP contribution is 2.27. The quantitative estimate of drug-likeness (QED) is 0.537. The molecule has 0 saturated carbocycles. The number of pyridine rings is 1. The molecule has 1 aromatic carbocycles. The Kier molecular flexibility index (Phi) is 3.42. The minimum atomic E-state index is -0.422. The number of nitrogens with zero attached hydrogens (tertiary/aromatic N) is 4. The molecule has 0 saturated heterocycles. The summed E-state index contributed by atoms with van der Waals surface area (Å²) in [5, 5.41) is 12.0. The molecule has 0 unspecified atom stereocenters. The Morgan fingerprint density at radius 3 is 2.90 bits per heavy atom. The maximum Gasteiger partial charge on any atom is 0.343 e. The number of fused-ring (bicyclic) bond motifs is 1. The molecule has 6 nitrogen and oxygen atoms in total. The average Bonchev–Trinajstić information content (AvgIpc) is 2.84. The molecule has 0 N–H and O–H groups in total. The first-order chi connectivity index (χ1) is 10.1. The smallest absolute Gasteiger partial charge is 0.343 e. The molecule has 106 valence electrons. The first kappa shape index (κ1) is 13.7. The third-order valence-corrected chi connectivity index (χ3v) is 4.04. The number of benzene rings is 1. The van der Waals surface area contributed by atoms with E-state index in [0.717, 1.165) is 20.9 Å². The van der Waals surface area contributed by atoms with Gasteiger partial charge in [-0.25, -0.2) is 9.55 Å². The number of imidazole rings is 1. The van der Waals surface area contributed by atoms with Crippen molar-refractivity contribution < 1.29 is 4.92 Å². The maximum absolute atomic E-state index is 11.1. The van der Waals surface area contributed by atoms with Gasteiger partial charge in [0.1, 0.15) is 12.7 Å². The second-order valence-electron chi connectivity index (χ2n) is 4.61. The van der Waals surface area contributed by atoms with E-state index in [0.29, 0.717) is 12.4 Å². The van der Waals surface area contributed by atoms with Gasteiger partial charge in [0.05, 0.1) is 5.52 Å². The van der Waals surface area contributed by atoms with Crippen LogP contribution in [0.5, 0.6) is 0 Å². The average molecular weight is 347 g/mol. The minimum absolute atomic E-state index is 0.0144. The van der Waals surface area contributed by atoms with Crippen LogP contribution < -0.4 is 0 Å². The Bertz CT molecular complexity index is 844. The van der Waals surface area contributed by atoms with E-state index in [1.807, 2.05) is 24.3 Å². The van der Waals surface area contributed by atoms with Crippen molar-refractivity contribution in [3.05, 3.63) is 62.6 Å². The summed E-state index contributed by atoms with van der Waals surface area (Å²) in [5.41, 5.74) is 1.74. The fourth-order valence-electron chi connectivity index (χ4n) is 2.29. The van der Waals surface area contributed by atoms with Crippen molar-refractivity contribution >= 4 is 32.7 Å². The number of halogens is 1. The van der Waals surface area contributed by atoms with Crippen LogP contribution in [0.4, 0.5) is 5.82 Å². The van der Waals surface area contributed by atoms with Crippen LogP contribution in [0, 0.1) is 17.0 Å². The van der Waals surface area contributed by atoms with Crippen molar-refractivity contribution in [2.75, 3.05) is 0 Å². The fourth-order valence-corrected chi connectivity index (χ4v) is 2.74. The highest BCUT2D eigenvalue weighted by atomic mass is 79.9. The summed E-state index contributed by atoms with van der Waals surface area (Å²) in [6.45, 7) is 2.12. The van der Waals surface area contributed by atoms with Gasteiger partial charge < -0.3 is 10.1 Å². The molecular formula is C14H11BrN4O2. The van der Waals surface area contributed by atoms with Gasteiger partial charge in [0.25, 0.3) is 0 Å². The molecule has 2 heterocycles. The second-order valence-corrected chi connectivity index (χ2v) is 5.47. The van der Waals surface area contributed by atoms with Crippen LogP contribution in [0.2, 0.25) is 0 Å². The first-order valence-corrected chi connectivity index (χ1v) is 7.06. The largest absolute Gasteiger partial charge is 0.358 e. The van der Waals surface area contributed by atoms with E-state index in [-0.39, 0.29) is 5.82 Å². The molecule has 0 radical (unpaired) electrons. The number of hydrogen-bond donors (Lipinski definition) is 0. The van der Waals surface area contributed by atoms with Gasteiger partial charge in [-0.2, -0.15) is 0 Å². The fraction of sp³-hybridized carbons (Fsp3) is 0.143. The van der Waals surface area contributed by atoms with Crippen molar-refractivity contribution in [2.24, 2.45) is 0 Å². The Hall–Kier alpha value is -2.28. The first-order valence-electron chi connectivity index (χ1n) is 6.26. The molecule has 0 fully saturated rings. The maximum atomic E-state index is 11.1. The lowest BCUT2D eigenvalue weighted by Gasteiger charge is -2.07. The van der Waals surface area contributed by atoms with E-state index in [9.17, 15) is 10.1 Å². The van der Waals surface area contributed by atoms with Gasteiger partial charge in [-0.15, -0.1) is 0 Å². The highest BCUT2D eigenvalue weighted by molar-refractivity contribution is 9.10. The number of aryl methyl sites for hydroxylation is 1. The molecule has 0 aliphatic heterocycles. The van der Waals surface area contributed by atoms with Gasteiger partial charge in [0.2, 0.25) is 0 Å². The van der Waals surface area contributed by atoms with Gasteiger partial charge >= 0.3 is 5.82 Å². The third-order valence-electron chi connectivity index (χ3n) is 3.35. The Morgan fingerprint density at radius 2 is 2.14 bits per heavy atom. The molecule has 3 aromatic rings. The minimum Gasteiger partial charge on any atom is -0.358 e. The van der Waals surface area contributed by atoms with E-state index >= 15 is 0 Å². The Labute approximate surface area is 128 Å². The molecular weight excluding hydrogens is 336 g/mol. The second kappa shape index (κ2) is 5.25. The topological polar surface area (TPSA) is 73.8 Å². The lowest BCUT2D eigenvalue weighted by Crippen LogP contribution is -2.07. The summed E-state index contributed by atoms with van der Waals surface area (Å²) in [7, 11) is 0. The number of hydrogen-bond acceptors (Lipinski definition) is 4. The lowest BCUT2D eigenvalue weighted by molar-refractivity contribution is -0.392. The van der Waals surface area contributed by atoms with E-state index in [1.54, 1.807) is 17.7 Å². The Balaban J connectivity index is 2.13. The van der Waals surface area contributed by atoms with Crippen LogP contribution in [0.1, 0.15) is 11.4 Å². The zero-order valence-electron chi connectivity index (χ0n) is 11.2. The van der Waals surface area contributed by atoms with E-state index in [4.69, 9.17) is 0 Å². The van der Waals surface area contributed by atoms with Crippen LogP contribution >= 0.6 is 15.9 Å². The summed E-state index contributed by atoms with van der Waals surface area (Å²) < 4.78 is 2.53. The molecule has 0 amide bonds. The molecule has 21 heavy (non-hydrogen) atoms. The summed E-state index contributed by atoms with van der Waals surface area (Å²) in [6, 6.07) is 7.67. The molecule has 0 bridgehead atoms. The monoisotopic (exact) mass is 346 g/mol. The SMILES string of the molecule is Cc1ncc([N+](=O)[O-])n1Cc1ccc(Br)c2cccnc12. The van der Waals surface area contributed by atoms with Gasteiger partial charge in [-0.3, -0.25) is 4.98 Å². The molecule has 0 atom stereocenters. The molecule has 0 aliphatic carbocycles. The summed E-state index contributed by atoms with van der Waals surface area (Å²) >= 11 is 3.49. The van der Waals surface area contributed by atoms with Gasteiger partial charge in [0, 0.05) is 28.5 Å². The zero-order valence-corrected chi connectivity index (χ0v) is 12.7. The van der Waals surface area contributed by atoms with Gasteiger partial charge in [-0.1, -0.05) is 28.1 Å². The van der Waals surface area contributed by atoms with Crippen molar-refractivity contribution in [1.82, 2.24) is 14.5 Å². The normalized spacial score (nSPS) is 11.0. The van der Waals surface area contributed by atoms with Crippen molar-refractivity contribution in [3.63, 3.8) is 0 Å². The van der Waals surface area contributed by atoms with Crippen LogP contribution in [-0.4, -0.2) is 19.5 Å². The standard InChI is InChI=1S/C14H11BrN4O2/c1-9-17-7-13(19(20)21)18(9)8-10-4-5-12(15)11-3-2-6-16-14(10)11/h2-7H,8H2,1H3. The van der Waals surface area contributed by atoms with Crippen molar-refractivity contribution in [3.8, 4) is 0 Å². The predicted octanol–water partition coefficient (Wildman–Crippen LogP) is 3.46.